The van der Waals surface area contributed by atoms with Gasteiger partial charge in [-0.2, -0.15) is 0 Å². The molecule has 0 aliphatic carbocycles. The van der Waals surface area contributed by atoms with Gasteiger partial charge in [0.25, 0.3) is 5.91 Å². The fourth-order valence-electron chi connectivity index (χ4n) is 4.48. The van der Waals surface area contributed by atoms with E-state index in [2.05, 4.69) is 19.2 Å². The molecule has 1 heterocycles. The molecule has 4 rings (SSSR count). The van der Waals surface area contributed by atoms with Crippen LogP contribution in [0.4, 0.5) is 5.69 Å². The fourth-order valence-corrected chi connectivity index (χ4v) is 4.48. The second kappa shape index (κ2) is 9.10. The van der Waals surface area contributed by atoms with Crippen LogP contribution in [0.3, 0.4) is 0 Å². The van der Waals surface area contributed by atoms with Crippen LogP contribution in [0, 0.1) is 0 Å². The largest absolute Gasteiger partial charge is 0.496 e. The molecule has 3 aromatic carbocycles. The van der Waals surface area contributed by atoms with Crippen LogP contribution in [-0.4, -0.2) is 24.5 Å². The molecular weight excluding hydrogens is 412 g/mol. The van der Waals surface area contributed by atoms with Crippen molar-refractivity contribution in [1.82, 2.24) is 5.32 Å². The first-order valence-corrected chi connectivity index (χ1v) is 11.3. The Hall–Kier alpha value is -3.60. The molecule has 0 saturated heterocycles. The Morgan fingerprint density at radius 1 is 1.03 bits per heavy atom. The predicted octanol–water partition coefficient (Wildman–Crippen LogP) is 5.10. The molecule has 33 heavy (non-hydrogen) atoms. The van der Waals surface area contributed by atoms with E-state index in [0.717, 1.165) is 11.1 Å². The van der Waals surface area contributed by atoms with Gasteiger partial charge in [0, 0.05) is 29.8 Å². The van der Waals surface area contributed by atoms with Gasteiger partial charge >= 0.3 is 0 Å². The van der Waals surface area contributed by atoms with Crippen molar-refractivity contribution in [3.05, 3.63) is 95.1 Å². The first-order valence-electron chi connectivity index (χ1n) is 11.3. The monoisotopic (exact) mass is 442 g/mol. The summed E-state index contributed by atoms with van der Waals surface area (Å²) < 4.78 is 5.42. The van der Waals surface area contributed by atoms with E-state index < -0.39 is 5.54 Å². The van der Waals surface area contributed by atoms with Crippen LogP contribution in [-0.2, 0) is 17.8 Å². The van der Waals surface area contributed by atoms with Gasteiger partial charge in [-0.15, -0.1) is 0 Å². The highest BCUT2D eigenvalue weighted by molar-refractivity contribution is 6.14. The zero-order valence-corrected chi connectivity index (χ0v) is 19.6. The van der Waals surface area contributed by atoms with E-state index in [-0.39, 0.29) is 11.8 Å². The molecule has 1 N–H and O–H groups in total. The number of fused-ring (bicyclic) bond motifs is 1. The fraction of sp³-hybridized carbons (Fsp3) is 0.286. The molecule has 0 radical (unpaired) electrons. The van der Waals surface area contributed by atoms with E-state index in [4.69, 9.17) is 4.74 Å². The summed E-state index contributed by atoms with van der Waals surface area (Å²) in [5.41, 5.74) is 3.23. The Kier molecular flexibility index (Phi) is 6.23. The lowest BCUT2D eigenvalue weighted by Gasteiger charge is -2.44. The smallest absolute Gasteiger partial charge is 0.259 e. The molecule has 1 aliphatic rings. The number of nitrogens with zero attached hydrogens (tertiary/aromatic N) is 1. The number of anilines is 1. The first kappa shape index (κ1) is 22.6. The SMILES string of the molecule is COc1ccccc1CNC(=O)[C@@]1(C)Cc2ccccc2C(=O)N1c1ccc(C(C)C)cc1. The van der Waals surface area contributed by atoms with Gasteiger partial charge < -0.3 is 10.1 Å². The Bertz CT molecular complexity index is 1170. The summed E-state index contributed by atoms with van der Waals surface area (Å²) in [6.07, 6.45) is 0.429. The molecule has 0 unspecified atom stereocenters. The molecule has 0 spiro atoms. The number of methoxy groups -OCH3 is 1. The molecule has 0 aromatic heterocycles. The van der Waals surface area contributed by atoms with Gasteiger partial charge in [-0.25, -0.2) is 0 Å². The maximum atomic E-state index is 13.7. The number of hydrogen-bond acceptors (Lipinski definition) is 3. The summed E-state index contributed by atoms with van der Waals surface area (Å²) in [4.78, 5) is 29.0. The average Bonchev–Trinajstić information content (AvgIpc) is 2.83. The molecule has 3 aromatic rings. The molecule has 0 fully saturated rings. The van der Waals surface area contributed by atoms with Gasteiger partial charge in [-0.1, -0.05) is 62.4 Å². The number of amides is 2. The van der Waals surface area contributed by atoms with Crippen molar-refractivity contribution < 1.29 is 14.3 Å². The summed E-state index contributed by atoms with van der Waals surface area (Å²) in [6.45, 7) is 6.42. The lowest BCUT2D eigenvalue weighted by molar-refractivity contribution is -0.126. The summed E-state index contributed by atoms with van der Waals surface area (Å²) in [6, 6.07) is 23.1. The van der Waals surface area contributed by atoms with Gasteiger partial charge in [0.2, 0.25) is 5.91 Å². The second-order valence-electron chi connectivity index (χ2n) is 8.99. The molecule has 170 valence electrons. The van der Waals surface area contributed by atoms with Crippen LogP contribution in [0.2, 0.25) is 0 Å². The molecule has 5 nitrogen and oxygen atoms in total. The van der Waals surface area contributed by atoms with E-state index >= 15 is 0 Å². The topological polar surface area (TPSA) is 58.6 Å². The lowest BCUT2D eigenvalue weighted by atomic mass is 9.82. The number of ether oxygens (including phenoxy) is 1. The lowest BCUT2D eigenvalue weighted by Crippen LogP contribution is -2.63. The first-order chi connectivity index (χ1) is 15.8. The number of carbonyl (C=O) groups is 2. The Balaban J connectivity index is 1.70. The maximum Gasteiger partial charge on any atom is 0.259 e. The molecule has 0 saturated carbocycles. The minimum atomic E-state index is -1.08. The number of rotatable bonds is 6. The van der Waals surface area contributed by atoms with Crippen LogP contribution in [0.25, 0.3) is 0 Å². The van der Waals surface area contributed by atoms with Crippen LogP contribution in [0.15, 0.2) is 72.8 Å². The van der Waals surface area contributed by atoms with Crippen molar-refractivity contribution in [3.63, 3.8) is 0 Å². The molecule has 1 atom stereocenters. The van der Waals surface area contributed by atoms with Crippen molar-refractivity contribution in [2.24, 2.45) is 0 Å². The predicted molar refractivity (Wildman–Crippen MR) is 131 cm³/mol. The summed E-state index contributed by atoms with van der Waals surface area (Å²) >= 11 is 0. The van der Waals surface area contributed by atoms with Crippen LogP contribution < -0.4 is 15.0 Å². The second-order valence-corrected chi connectivity index (χ2v) is 8.99. The summed E-state index contributed by atoms with van der Waals surface area (Å²) in [7, 11) is 1.61. The van der Waals surface area contributed by atoms with Crippen molar-refractivity contribution in [2.45, 2.75) is 45.2 Å². The standard InChI is InChI=1S/C28H30N2O3/c1-19(2)20-13-15-23(16-14-20)30-26(31)24-11-7-5-9-21(24)17-28(30,3)27(32)29-18-22-10-6-8-12-25(22)33-4/h5-16,19H,17-18H2,1-4H3,(H,29,32)/t28-/m1/s1. The number of carbonyl (C=O) groups excluding carboxylic acids is 2. The van der Waals surface area contributed by atoms with Crippen molar-refractivity contribution >= 4 is 17.5 Å². The Morgan fingerprint density at radius 2 is 1.70 bits per heavy atom. The zero-order chi connectivity index (χ0) is 23.6. The molecule has 2 amide bonds. The van der Waals surface area contributed by atoms with E-state index in [1.54, 1.807) is 12.0 Å². The van der Waals surface area contributed by atoms with E-state index in [9.17, 15) is 9.59 Å². The summed E-state index contributed by atoms with van der Waals surface area (Å²) in [5, 5.41) is 3.05. The van der Waals surface area contributed by atoms with Crippen LogP contribution in [0.1, 0.15) is 53.7 Å². The molecule has 0 bridgehead atoms. The van der Waals surface area contributed by atoms with Crippen molar-refractivity contribution in [3.8, 4) is 5.75 Å². The zero-order valence-electron chi connectivity index (χ0n) is 19.6. The number of hydrogen-bond donors (Lipinski definition) is 1. The van der Waals surface area contributed by atoms with Gasteiger partial charge in [0.1, 0.15) is 11.3 Å². The summed E-state index contributed by atoms with van der Waals surface area (Å²) in [5.74, 6) is 0.731. The normalized spacial score (nSPS) is 17.6. The van der Waals surface area contributed by atoms with E-state index in [1.807, 2.05) is 79.7 Å². The average molecular weight is 443 g/mol. The number of nitrogens with one attached hydrogen (secondary N) is 1. The molecular formula is C28H30N2O3. The van der Waals surface area contributed by atoms with Crippen molar-refractivity contribution in [2.75, 3.05) is 12.0 Å². The van der Waals surface area contributed by atoms with Crippen LogP contribution >= 0.6 is 0 Å². The highest BCUT2D eigenvalue weighted by atomic mass is 16.5. The molecule has 5 heteroatoms. The van der Waals surface area contributed by atoms with Gasteiger partial charge in [0.15, 0.2) is 0 Å². The Morgan fingerprint density at radius 3 is 2.39 bits per heavy atom. The van der Waals surface area contributed by atoms with E-state index in [0.29, 0.717) is 35.9 Å². The minimum absolute atomic E-state index is 0.163. The quantitative estimate of drug-likeness (QED) is 0.578. The van der Waals surface area contributed by atoms with Gasteiger partial charge in [-0.3, -0.25) is 14.5 Å². The van der Waals surface area contributed by atoms with Crippen LogP contribution in [0.5, 0.6) is 5.75 Å². The Labute approximate surface area is 195 Å². The number of para-hydroxylation sites is 1. The van der Waals surface area contributed by atoms with E-state index in [1.165, 1.54) is 5.56 Å². The highest BCUT2D eigenvalue weighted by Gasteiger charge is 2.47. The third kappa shape index (κ3) is 4.23. The minimum Gasteiger partial charge on any atom is -0.496 e. The van der Waals surface area contributed by atoms with Gasteiger partial charge in [-0.05, 0) is 48.2 Å². The van der Waals surface area contributed by atoms with Gasteiger partial charge in [0.05, 0.1) is 7.11 Å². The molecule has 1 aliphatic heterocycles. The highest BCUT2D eigenvalue weighted by Crippen LogP contribution is 2.36. The third-order valence-corrected chi connectivity index (χ3v) is 6.42. The third-order valence-electron chi connectivity index (χ3n) is 6.42. The number of benzene rings is 3. The maximum absolute atomic E-state index is 13.7. The van der Waals surface area contributed by atoms with Crippen molar-refractivity contribution in [1.29, 1.82) is 0 Å².